The summed E-state index contributed by atoms with van der Waals surface area (Å²) in [6.45, 7) is 1.42. The van der Waals surface area contributed by atoms with Crippen molar-refractivity contribution in [2.75, 3.05) is 10.5 Å². The topological polar surface area (TPSA) is 138 Å². The molecule has 5 N–H and O–H groups in total. The van der Waals surface area contributed by atoms with Crippen molar-refractivity contribution < 1.29 is 18.3 Å². The molecule has 0 aliphatic rings. The maximum absolute atomic E-state index is 12.3. The molecular formula is C11H12N4O4S. The third-order valence-electron chi connectivity index (χ3n) is 2.57. The molecule has 20 heavy (non-hydrogen) atoms. The number of sulfonamides is 1. The first-order chi connectivity index (χ1) is 9.33. The van der Waals surface area contributed by atoms with E-state index in [1.165, 1.54) is 19.1 Å². The molecule has 0 aliphatic carbocycles. The summed E-state index contributed by atoms with van der Waals surface area (Å²) in [6, 6.07) is 6.26. The summed E-state index contributed by atoms with van der Waals surface area (Å²) >= 11 is 0. The van der Waals surface area contributed by atoms with Crippen LogP contribution in [0.25, 0.3) is 0 Å². The molecule has 0 spiro atoms. The third-order valence-corrected chi connectivity index (χ3v) is 4.09. The minimum Gasteiger partial charge on any atom is -0.476 e. The predicted molar refractivity (Wildman–Crippen MR) is 71.9 cm³/mol. The van der Waals surface area contributed by atoms with Crippen molar-refractivity contribution in [1.29, 1.82) is 0 Å². The van der Waals surface area contributed by atoms with E-state index in [1.807, 2.05) is 0 Å². The van der Waals surface area contributed by atoms with Crippen LogP contribution in [0.4, 0.5) is 11.4 Å². The van der Waals surface area contributed by atoms with Crippen molar-refractivity contribution in [3.63, 3.8) is 0 Å². The molecule has 0 saturated carbocycles. The number of nitrogens with two attached hydrogens (primary N) is 1. The van der Waals surface area contributed by atoms with Crippen LogP contribution in [-0.4, -0.2) is 29.7 Å². The molecule has 0 fully saturated rings. The number of nitrogen functional groups attached to an aromatic ring is 1. The first kappa shape index (κ1) is 13.9. The molecule has 0 saturated heterocycles. The van der Waals surface area contributed by atoms with E-state index in [-0.39, 0.29) is 17.1 Å². The Morgan fingerprint density at radius 1 is 1.40 bits per heavy atom. The van der Waals surface area contributed by atoms with Gasteiger partial charge in [-0.15, -0.1) is 0 Å². The van der Waals surface area contributed by atoms with Crippen LogP contribution >= 0.6 is 0 Å². The van der Waals surface area contributed by atoms with Crippen LogP contribution in [0, 0.1) is 6.92 Å². The number of aromatic carboxylic acids is 1. The Kier molecular flexibility index (Phi) is 3.36. The van der Waals surface area contributed by atoms with Gasteiger partial charge in [-0.3, -0.25) is 9.82 Å². The highest BCUT2D eigenvalue weighted by Crippen LogP contribution is 2.24. The van der Waals surface area contributed by atoms with Gasteiger partial charge in [0.1, 0.15) is 4.90 Å². The lowest BCUT2D eigenvalue weighted by Crippen LogP contribution is -2.17. The minimum atomic E-state index is -4.10. The number of benzene rings is 1. The Balaban J connectivity index is 2.49. The number of carboxylic acids is 1. The summed E-state index contributed by atoms with van der Waals surface area (Å²) in [5.74, 6) is -1.43. The molecule has 0 atom stereocenters. The SMILES string of the molecule is Cc1[nH]nc(C(=O)O)c1S(=O)(=O)Nc1ccccc1N. The summed E-state index contributed by atoms with van der Waals surface area (Å²) in [5.41, 5.74) is 5.62. The van der Waals surface area contributed by atoms with Gasteiger partial charge >= 0.3 is 5.97 Å². The zero-order valence-corrected chi connectivity index (χ0v) is 11.2. The number of rotatable bonds is 4. The molecule has 1 heterocycles. The van der Waals surface area contributed by atoms with E-state index in [2.05, 4.69) is 14.9 Å². The number of carbonyl (C=O) groups is 1. The Bertz CT molecular complexity index is 766. The van der Waals surface area contributed by atoms with Gasteiger partial charge < -0.3 is 10.8 Å². The van der Waals surface area contributed by atoms with Crippen LogP contribution in [0.15, 0.2) is 29.2 Å². The van der Waals surface area contributed by atoms with Crippen molar-refractivity contribution in [3.05, 3.63) is 35.7 Å². The number of hydrogen-bond acceptors (Lipinski definition) is 5. The second-order valence-corrected chi connectivity index (χ2v) is 5.64. The molecule has 2 rings (SSSR count). The normalized spacial score (nSPS) is 11.2. The fourth-order valence-electron chi connectivity index (χ4n) is 1.68. The number of aryl methyl sites for hydroxylation is 1. The fourth-order valence-corrected chi connectivity index (χ4v) is 3.09. The lowest BCUT2D eigenvalue weighted by Gasteiger charge is -2.10. The number of nitrogens with one attached hydrogen (secondary N) is 2. The number of H-pyrrole nitrogens is 1. The number of anilines is 2. The van der Waals surface area contributed by atoms with Crippen LogP contribution < -0.4 is 10.5 Å². The van der Waals surface area contributed by atoms with Gasteiger partial charge in [-0.25, -0.2) is 13.2 Å². The van der Waals surface area contributed by atoms with Gasteiger partial charge in [0.15, 0.2) is 5.69 Å². The number of aromatic amines is 1. The van der Waals surface area contributed by atoms with Gasteiger partial charge in [0.2, 0.25) is 0 Å². The van der Waals surface area contributed by atoms with Crippen LogP contribution in [0.5, 0.6) is 0 Å². The van der Waals surface area contributed by atoms with E-state index < -0.39 is 26.6 Å². The maximum Gasteiger partial charge on any atom is 0.357 e. The number of para-hydroxylation sites is 2. The summed E-state index contributed by atoms with van der Waals surface area (Å²) < 4.78 is 26.8. The average molecular weight is 296 g/mol. The van der Waals surface area contributed by atoms with Crippen molar-refractivity contribution in [2.24, 2.45) is 0 Å². The largest absolute Gasteiger partial charge is 0.476 e. The number of aromatic nitrogens is 2. The van der Waals surface area contributed by atoms with E-state index in [0.29, 0.717) is 0 Å². The summed E-state index contributed by atoms with van der Waals surface area (Å²) in [7, 11) is -4.10. The van der Waals surface area contributed by atoms with Crippen LogP contribution in [-0.2, 0) is 10.0 Å². The van der Waals surface area contributed by atoms with Gasteiger partial charge in [-0.1, -0.05) is 12.1 Å². The van der Waals surface area contributed by atoms with Crippen molar-refractivity contribution >= 4 is 27.4 Å². The number of carboxylic acid groups (broad SMARTS) is 1. The molecule has 1 aromatic carbocycles. The molecule has 2 aromatic rings. The molecule has 0 amide bonds. The Morgan fingerprint density at radius 3 is 2.65 bits per heavy atom. The van der Waals surface area contributed by atoms with Crippen molar-refractivity contribution in [2.45, 2.75) is 11.8 Å². The molecule has 9 heteroatoms. The monoisotopic (exact) mass is 296 g/mol. The smallest absolute Gasteiger partial charge is 0.357 e. The minimum absolute atomic E-state index is 0.129. The van der Waals surface area contributed by atoms with Crippen LogP contribution in [0.2, 0.25) is 0 Å². The van der Waals surface area contributed by atoms with E-state index >= 15 is 0 Å². The highest BCUT2D eigenvalue weighted by atomic mass is 32.2. The Labute approximate surface area is 114 Å². The first-order valence-electron chi connectivity index (χ1n) is 5.48. The highest BCUT2D eigenvalue weighted by Gasteiger charge is 2.28. The maximum atomic E-state index is 12.3. The van der Waals surface area contributed by atoms with Crippen LogP contribution in [0.3, 0.4) is 0 Å². The lowest BCUT2D eigenvalue weighted by molar-refractivity contribution is 0.0686. The van der Waals surface area contributed by atoms with Crippen molar-refractivity contribution in [1.82, 2.24) is 10.2 Å². The Morgan fingerprint density at radius 2 is 2.05 bits per heavy atom. The number of nitrogens with zero attached hydrogens (tertiary/aromatic N) is 1. The first-order valence-corrected chi connectivity index (χ1v) is 6.97. The van der Waals surface area contributed by atoms with E-state index in [1.54, 1.807) is 12.1 Å². The van der Waals surface area contributed by atoms with Gasteiger partial charge in [0.05, 0.1) is 17.1 Å². The average Bonchev–Trinajstić information content (AvgIpc) is 2.75. The van der Waals surface area contributed by atoms with Gasteiger partial charge in [0, 0.05) is 0 Å². The number of hydrogen-bond donors (Lipinski definition) is 4. The quantitative estimate of drug-likeness (QED) is 0.615. The summed E-state index contributed by atoms with van der Waals surface area (Å²) in [6.07, 6.45) is 0. The second kappa shape index (κ2) is 4.85. The highest BCUT2D eigenvalue weighted by molar-refractivity contribution is 7.92. The van der Waals surface area contributed by atoms with Gasteiger partial charge in [-0.05, 0) is 19.1 Å². The third kappa shape index (κ3) is 2.43. The Hall–Kier alpha value is -2.55. The van der Waals surface area contributed by atoms with E-state index in [9.17, 15) is 13.2 Å². The summed E-state index contributed by atoms with van der Waals surface area (Å²) in [5, 5.41) is 14.8. The zero-order chi connectivity index (χ0) is 14.9. The van der Waals surface area contributed by atoms with E-state index in [0.717, 1.165) is 0 Å². The molecule has 0 bridgehead atoms. The molecule has 1 aromatic heterocycles. The van der Waals surface area contributed by atoms with Gasteiger partial charge in [0.25, 0.3) is 10.0 Å². The molecule has 106 valence electrons. The molecule has 0 radical (unpaired) electrons. The molecule has 0 aliphatic heterocycles. The second-order valence-electron chi connectivity index (χ2n) is 4.02. The molecule has 8 nitrogen and oxygen atoms in total. The van der Waals surface area contributed by atoms with Crippen LogP contribution in [0.1, 0.15) is 16.2 Å². The zero-order valence-electron chi connectivity index (χ0n) is 10.4. The van der Waals surface area contributed by atoms with Crippen molar-refractivity contribution in [3.8, 4) is 0 Å². The molecular weight excluding hydrogens is 284 g/mol. The predicted octanol–water partition coefficient (Wildman–Crippen LogP) is 0.799. The molecule has 0 unspecified atom stereocenters. The lowest BCUT2D eigenvalue weighted by atomic mass is 10.3. The summed E-state index contributed by atoms with van der Waals surface area (Å²) in [4.78, 5) is 10.6. The van der Waals surface area contributed by atoms with E-state index in [4.69, 9.17) is 10.8 Å². The standard InChI is InChI=1S/C11H12N4O4S/c1-6-10(9(11(16)17)14-13-6)20(18,19)15-8-5-3-2-4-7(8)12/h2-5,15H,12H2,1H3,(H,13,14)(H,16,17). The van der Waals surface area contributed by atoms with Gasteiger partial charge in [-0.2, -0.15) is 5.10 Å². The fraction of sp³-hybridized carbons (Fsp3) is 0.0909.